The van der Waals surface area contributed by atoms with Gasteiger partial charge in [-0.15, -0.1) is 0 Å². The predicted molar refractivity (Wildman–Crippen MR) is 106 cm³/mol. The first-order chi connectivity index (χ1) is 13.9. The molecule has 1 atom stereocenters. The maximum Gasteiger partial charge on any atom is 0.287 e. The van der Waals surface area contributed by atoms with Crippen molar-refractivity contribution in [2.24, 2.45) is 5.73 Å². The first kappa shape index (κ1) is 18.8. The molecule has 0 aliphatic heterocycles. The first-order valence-corrected chi connectivity index (χ1v) is 9.33. The zero-order valence-electron chi connectivity index (χ0n) is 16.1. The van der Waals surface area contributed by atoms with Gasteiger partial charge in [-0.25, -0.2) is 0 Å². The lowest BCUT2D eigenvalue weighted by Gasteiger charge is -2.26. The summed E-state index contributed by atoms with van der Waals surface area (Å²) in [5.41, 5.74) is 7.40. The summed E-state index contributed by atoms with van der Waals surface area (Å²) in [4.78, 5) is 39.2. The molecule has 3 aromatic rings. The minimum absolute atomic E-state index is 0.114. The van der Waals surface area contributed by atoms with E-state index in [-0.39, 0.29) is 23.3 Å². The van der Waals surface area contributed by atoms with Crippen LogP contribution in [0.3, 0.4) is 0 Å². The number of amides is 2. The summed E-state index contributed by atoms with van der Waals surface area (Å²) in [5.74, 6) is -0.258. The topological polar surface area (TPSA) is 127 Å². The third-order valence-corrected chi connectivity index (χ3v) is 5.37. The number of benzene rings is 1. The lowest BCUT2D eigenvalue weighted by molar-refractivity contribution is 0.0905. The van der Waals surface area contributed by atoms with E-state index in [0.717, 1.165) is 11.8 Å². The Morgan fingerprint density at radius 1 is 1.31 bits per heavy atom. The lowest BCUT2D eigenvalue weighted by atomic mass is 9.90. The third kappa shape index (κ3) is 3.26. The number of aromatic amines is 1. The maximum absolute atomic E-state index is 13.0. The SMILES string of the molecule is COc1ccc2oc(C(=O)NC3CCCc4[nH]c(=O)c(C(N)=O)cc43)c(C)c2c1. The molecule has 1 aliphatic carbocycles. The van der Waals surface area contributed by atoms with Gasteiger partial charge in [0, 0.05) is 16.6 Å². The number of H-pyrrole nitrogens is 1. The van der Waals surface area contributed by atoms with Gasteiger partial charge in [0.05, 0.1) is 13.2 Å². The Balaban J connectivity index is 1.67. The van der Waals surface area contributed by atoms with E-state index in [2.05, 4.69) is 10.3 Å². The van der Waals surface area contributed by atoms with Crippen molar-refractivity contribution in [1.29, 1.82) is 0 Å². The van der Waals surface area contributed by atoms with Crippen LogP contribution < -0.4 is 21.3 Å². The Labute approximate surface area is 166 Å². The van der Waals surface area contributed by atoms with E-state index in [1.807, 2.05) is 13.0 Å². The van der Waals surface area contributed by atoms with Crippen LogP contribution in [0.25, 0.3) is 11.0 Å². The molecule has 2 heterocycles. The van der Waals surface area contributed by atoms with Crippen LogP contribution >= 0.6 is 0 Å². The van der Waals surface area contributed by atoms with Crippen LogP contribution in [0.4, 0.5) is 0 Å². The molecule has 1 unspecified atom stereocenters. The predicted octanol–water partition coefficient (Wildman–Crippen LogP) is 2.34. The number of aryl methyl sites for hydroxylation is 2. The van der Waals surface area contributed by atoms with Crippen molar-refractivity contribution in [3.63, 3.8) is 0 Å². The van der Waals surface area contributed by atoms with Gasteiger partial charge in [0.1, 0.15) is 16.9 Å². The number of nitrogens with two attached hydrogens (primary N) is 1. The number of carbonyl (C=O) groups excluding carboxylic acids is 2. The molecule has 29 heavy (non-hydrogen) atoms. The fourth-order valence-corrected chi connectivity index (χ4v) is 3.84. The number of primary amides is 1. The van der Waals surface area contributed by atoms with Gasteiger partial charge in [-0.2, -0.15) is 0 Å². The Hall–Kier alpha value is -3.55. The molecule has 4 rings (SSSR count). The molecule has 8 nitrogen and oxygen atoms in total. The molecule has 0 saturated carbocycles. The van der Waals surface area contributed by atoms with Gasteiger partial charge >= 0.3 is 0 Å². The summed E-state index contributed by atoms with van der Waals surface area (Å²) < 4.78 is 11.0. The highest BCUT2D eigenvalue weighted by molar-refractivity contribution is 5.99. The van der Waals surface area contributed by atoms with Crippen molar-refractivity contribution in [1.82, 2.24) is 10.3 Å². The van der Waals surface area contributed by atoms with Gasteiger partial charge in [0.15, 0.2) is 5.76 Å². The summed E-state index contributed by atoms with van der Waals surface area (Å²) >= 11 is 0. The molecular weight excluding hydrogens is 374 g/mol. The van der Waals surface area contributed by atoms with E-state index in [0.29, 0.717) is 41.0 Å². The van der Waals surface area contributed by atoms with E-state index in [1.165, 1.54) is 6.07 Å². The zero-order chi connectivity index (χ0) is 20.7. The van der Waals surface area contributed by atoms with Gasteiger partial charge in [-0.1, -0.05) is 0 Å². The number of hydrogen-bond donors (Lipinski definition) is 3. The van der Waals surface area contributed by atoms with Crippen LogP contribution in [0.2, 0.25) is 0 Å². The number of carbonyl (C=O) groups is 2. The number of nitrogens with one attached hydrogen (secondary N) is 2. The molecule has 0 fully saturated rings. The van der Waals surface area contributed by atoms with E-state index in [1.54, 1.807) is 19.2 Å². The molecule has 0 bridgehead atoms. The number of ether oxygens (including phenoxy) is 1. The number of methoxy groups -OCH3 is 1. The molecule has 1 aromatic carbocycles. The van der Waals surface area contributed by atoms with Crippen LogP contribution in [-0.2, 0) is 6.42 Å². The highest BCUT2D eigenvalue weighted by Gasteiger charge is 2.27. The van der Waals surface area contributed by atoms with Crippen LogP contribution in [0, 0.1) is 6.92 Å². The summed E-state index contributed by atoms with van der Waals surface area (Å²) in [5, 5.41) is 3.77. The molecule has 0 spiro atoms. The Morgan fingerprint density at radius 3 is 2.83 bits per heavy atom. The van der Waals surface area contributed by atoms with Crippen molar-refractivity contribution in [3.8, 4) is 5.75 Å². The van der Waals surface area contributed by atoms with Crippen LogP contribution in [0.5, 0.6) is 5.75 Å². The standard InChI is InChI=1S/C21H21N3O5/c1-10-12-8-11(28-2)6-7-17(12)29-18(10)21(27)24-16-5-3-4-15-13(16)9-14(19(22)25)20(26)23-15/h6-9,16H,3-5H2,1-2H3,(H2,22,25)(H,23,26)(H,24,27). The van der Waals surface area contributed by atoms with Gasteiger partial charge in [0.2, 0.25) is 0 Å². The van der Waals surface area contributed by atoms with Crippen LogP contribution in [0.15, 0.2) is 33.5 Å². The fourth-order valence-electron chi connectivity index (χ4n) is 3.84. The molecule has 150 valence electrons. The Morgan fingerprint density at radius 2 is 2.10 bits per heavy atom. The van der Waals surface area contributed by atoms with Crippen molar-refractivity contribution in [2.45, 2.75) is 32.2 Å². The third-order valence-electron chi connectivity index (χ3n) is 5.37. The molecule has 2 aromatic heterocycles. The second-order valence-electron chi connectivity index (χ2n) is 7.15. The highest BCUT2D eigenvalue weighted by atomic mass is 16.5. The minimum Gasteiger partial charge on any atom is -0.497 e. The zero-order valence-corrected chi connectivity index (χ0v) is 16.1. The summed E-state index contributed by atoms with van der Waals surface area (Å²) in [6, 6.07) is 6.48. The smallest absolute Gasteiger partial charge is 0.287 e. The van der Waals surface area contributed by atoms with Crippen LogP contribution in [-0.4, -0.2) is 23.9 Å². The number of rotatable bonds is 4. The molecule has 0 radical (unpaired) electrons. The van der Waals surface area contributed by atoms with Gasteiger partial charge in [-0.3, -0.25) is 14.4 Å². The van der Waals surface area contributed by atoms with Gasteiger partial charge in [-0.05, 0) is 56.0 Å². The van der Waals surface area contributed by atoms with Crippen molar-refractivity contribution >= 4 is 22.8 Å². The normalized spacial score (nSPS) is 15.7. The average molecular weight is 395 g/mol. The van der Waals surface area contributed by atoms with Crippen molar-refractivity contribution in [2.75, 3.05) is 7.11 Å². The Bertz CT molecular complexity index is 1190. The molecule has 2 amide bonds. The van der Waals surface area contributed by atoms with E-state index in [4.69, 9.17) is 14.9 Å². The second kappa shape index (κ2) is 7.12. The van der Waals surface area contributed by atoms with Crippen molar-refractivity contribution in [3.05, 3.63) is 62.8 Å². The highest BCUT2D eigenvalue weighted by Crippen LogP contribution is 2.31. The van der Waals surface area contributed by atoms with E-state index >= 15 is 0 Å². The molecule has 1 aliphatic rings. The quantitative estimate of drug-likeness (QED) is 0.625. The molecular formula is C21H21N3O5. The fraction of sp³-hybridized carbons (Fsp3) is 0.286. The monoisotopic (exact) mass is 395 g/mol. The summed E-state index contributed by atoms with van der Waals surface area (Å²) in [7, 11) is 1.58. The number of fused-ring (bicyclic) bond motifs is 2. The van der Waals surface area contributed by atoms with E-state index in [9.17, 15) is 14.4 Å². The molecule has 8 heteroatoms. The minimum atomic E-state index is -0.799. The van der Waals surface area contributed by atoms with Gasteiger partial charge in [0.25, 0.3) is 17.4 Å². The van der Waals surface area contributed by atoms with Gasteiger partial charge < -0.3 is 25.2 Å². The van der Waals surface area contributed by atoms with Crippen LogP contribution in [0.1, 0.15) is 56.6 Å². The Kier molecular flexibility index (Phi) is 4.62. The van der Waals surface area contributed by atoms with Crippen molar-refractivity contribution < 1.29 is 18.7 Å². The molecule has 4 N–H and O–H groups in total. The number of furan rings is 1. The second-order valence-corrected chi connectivity index (χ2v) is 7.15. The number of pyridine rings is 1. The largest absolute Gasteiger partial charge is 0.497 e. The number of aromatic nitrogens is 1. The summed E-state index contributed by atoms with van der Waals surface area (Å²) in [6.07, 6.45) is 2.13. The summed E-state index contributed by atoms with van der Waals surface area (Å²) in [6.45, 7) is 1.82. The lowest BCUT2D eigenvalue weighted by Crippen LogP contribution is -2.34. The average Bonchev–Trinajstić information content (AvgIpc) is 3.03. The number of hydrogen-bond acceptors (Lipinski definition) is 5. The maximum atomic E-state index is 13.0. The molecule has 0 saturated heterocycles. The first-order valence-electron chi connectivity index (χ1n) is 9.33. The van der Waals surface area contributed by atoms with E-state index < -0.39 is 11.5 Å².